The molecule has 1 aromatic heterocycles. The fourth-order valence-corrected chi connectivity index (χ4v) is 6.77. The molecule has 0 aliphatic carbocycles. The Bertz CT molecular complexity index is 1520. The number of nitrogens with zero attached hydrogens (tertiary/aromatic N) is 4. The van der Waals surface area contributed by atoms with Crippen molar-refractivity contribution in [2.45, 2.75) is 45.3 Å². The normalized spacial score (nSPS) is 19.2. The zero-order chi connectivity index (χ0) is 30.3. The molecular formula is C25H28ClF2N5O6S2. The Labute approximate surface area is 244 Å². The van der Waals surface area contributed by atoms with E-state index in [4.69, 9.17) is 16.3 Å². The number of ether oxygens (including phenoxy) is 1. The number of piperidine rings is 1. The summed E-state index contributed by atoms with van der Waals surface area (Å²) in [6.45, 7) is 4.73. The molecule has 41 heavy (non-hydrogen) atoms. The molecule has 3 heterocycles. The predicted octanol–water partition coefficient (Wildman–Crippen LogP) is 4.33. The van der Waals surface area contributed by atoms with Crippen molar-refractivity contribution in [1.29, 1.82) is 0 Å². The van der Waals surface area contributed by atoms with Crippen molar-refractivity contribution in [3.05, 3.63) is 62.2 Å². The highest BCUT2D eigenvalue weighted by molar-refractivity contribution is 7.87. The van der Waals surface area contributed by atoms with Gasteiger partial charge < -0.3 is 14.7 Å². The average Bonchev–Trinajstić information content (AvgIpc) is 3.40. The summed E-state index contributed by atoms with van der Waals surface area (Å²) in [6, 6.07) is 0.751. The predicted molar refractivity (Wildman–Crippen MR) is 148 cm³/mol. The molecule has 2 aromatic rings. The van der Waals surface area contributed by atoms with E-state index in [9.17, 15) is 31.9 Å². The van der Waals surface area contributed by atoms with E-state index >= 15 is 0 Å². The summed E-state index contributed by atoms with van der Waals surface area (Å²) in [5.41, 5.74) is -0.819. The van der Waals surface area contributed by atoms with Gasteiger partial charge in [-0.25, -0.2) is 28.1 Å². The molecule has 1 unspecified atom stereocenters. The van der Waals surface area contributed by atoms with Crippen molar-refractivity contribution in [2.75, 3.05) is 20.1 Å². The average molecular weight is 632 g/mol. The van der Waals surface area contributed by atoms with Crippen LogP contribution in [0, 0.1) is 17.6 Å². The maximum atomic E-state index is 14.5. The lowest BCUT2D eigenvalue weighted by atomic mass is 9.85. The number of benzene rings is 1. The first kappa shape index (κ1) is 30.8. The van der Waals surface area contributed by atoms with Crippen LogP contribution < -0.4 is 4.72 Å². The van der Waals surface area contributed by atoms with Crippen molar-refractivity contribution in [3.8, 4) is 0 Å². The lowest BCUT2D eigenvalue weighted by Gasteiger charge is -2.39. The zero-order valence-corrected chi connectivity index (χ0v) is 24.9. The molecule has 1 saturated heterocycles. The Hall–Kier alpha value is -3.14. The number of aromatic nitrogens is 1. The molecule has 0 saturated carbocycles. The van der Waals surface area contributed by atoms with Crippen LogP contribution in [0.3, 0.4) is 0 Å². The topological polar surface area (TPSA) is 141 Å². The van der Waals surface area contributed by atoms with Crippen LogP contribution in [0.15, 0.2) is 40.0 Å². The van der Waals surface area contributed by atoms with E-state index in [-0.39, 0.29) is 37.1 Å². The second-order valence-electron chi connectivity index (χ2n) is 10.4. The van der Waals surface area contributed by atoms with Crippen LogP contribution in [0.4, 0.5) is 13.6 Å². The number of hydrogen-bond donors (Lipinski definition) is 2. The van der Waals surface area contributed by atoms with E-state index in [1.165, 1.54) is 17.4 Å². The van der Waals surface area contributed by atoms with Crippen LogP contribution in [-0.4, -0.2) is 71.3 Å². The molecule has 0 spiro atoms. The monoisotopic (exact) mass is 631 g/mol. The second kappa shape index (κ2) is 11.6. The summed E-state index contributed by atoms with van der Waals surface area (Å²) in [7, 11) is -2.61. The number of allylic oxidation sites excluding steroid dienone is 1. The third-order valence-electron chi connectivity index (χ3n) is 6.49. The molecule has 0 bridgehead atoms. The summed E-state index contributed by atoms with van der Waals surface area (Å²) < 4.78 is 62.0. The minimum absolute atomic E-state index is 0.0344. The number of rotatable bonds is 6. The molecule has 11 nitrogen and oxygen atoms in total. The molecule has 16 heteroatoms. The lowest BCUT2D eigenvalue weighted by molar-refractivity contribution is -0.133. The van der Waals surface area contributed by atoms with E-state index in [0.717, 1.165) is 10.4 Å². The molecule has 2 aliphatic heterocycles. The molecule has 222 valence electrons. The van der Waals surface area contributed by atoms with E-state index < -0.39 is 56.5 Å². The van der Waals surface area contributed by atoms with Gasteiger partial charge in [-0.15, -0.1) is 11.3 Å². The quantitative estimate of drug-likeness (QED) is 0.449. The van der Waals surface area contributed by atoms with Crippen LogP contribution in [0.1, 0.15) is 50.2 Å². The number of carbonyl (C=O) groups is 2. The Morgan fingerprint density at radius 2 is 1.88 bits per heavy atom. The molecule has 1 fully saturated rings. The van der Waals surface area contributed by atoms with Gasteiger partial charge in [-0.1, -0.05) is 17.7 Å². The molecule has 1 atom stereocenters. The van der Waals surface area contributed by atoms with Crippen molar-refractivity contribution in [3.63, 3.8) is 0 Å². The smallest absolute Gasteiger partial charge is 0.422 e. The summed E-state index contributed by atoms with van der Waals surface area (Å²) in [5.74, 6) is -4.04. The maximum absolute atomic E-state index is 14.5. The van der Waals surface area contributed by atoms with Gasteiger partial charge in [0.05, 0.1) is 10.6 Å². The molecule has 1 amide bonds. The fourth-order valence-electron chi connectivity index (χ4n) is 4.78. The number of aliphatic carboxylic acids is 1. The van der Waals surface area contributed by atoms with Gasteiger partial charge in [-0.3, -0.25) is 4.99 Å². The Kier molecular flexibility index (Phi) is 8.73. The van der Waals surface area contributed by atoms with Gasteiger partial charge in [-0.2, -0.15) is 12.7 Å². The number of hydrogen-bond acceptors (Lipinski definition) is 9. The lowest BCUT2D eigenvalue weighted by Crippen LogP contribution is -2.49. The van der Waals surface area contributed by atoms with Gasteiger partial charge in [0.15, 0.2) is 22.5 Å². The SMILES string of the molecule is CN1C(c2nccs2)=NC(c2ccc(F)c(F)c2Cl)C(C(=O)O)=C1C1CCN(S(=O)(=O)NC(=O)OC(C)(C)C)CC1. The van der Waals surface area contributed by atoms with Gasteiger partial charge in [0, 0.05) is 48.9 Å². The minimum Gasteiger partial charge on any atom is -0.478 e. The van der Waals surface area contributed by atoms with Gasteiger partial charge in [-0.05, 0) is 39.7 Å². The summed E-state index contributed by atoms with van der Waals surface area (Å²) >= 11 is 7.40. The van der Waals surface area contributed by atoms with Gasteiger partial charge in [0.2, 0.25) is 0 Å². The molecule has 0 radical (unpaired) electrons. The van der Waals surface area contributed by atoms with Crippen LogP contribution in [0.2, 0.25) is 5.02 Å². The highest BCUT2D eigenvalue weighted by Crippen LogP contribution is 2.43. The molecule has 4 rings (SSSR count). The van der Waals surface area contributed by atoms with E-state index in [0.29, 0.717) is 16.5 Å². The number of carbonyl (C=O) groups excluding carboxylic acids is 1. The third-order valence-corrected chi connectivity index (χ3v) is 9.11. The molecule has 2 N–H and O–H groups in total. The van der Waals surface area contributed by atoms with Crippen molar-refractivity contribution in [1.82, 2.24) is 18.9 Å². The van der Waals surface area contributed by atoms with Crippen molar-refractivity contribution in [2.24, 2.45) is 10.9 Å². The van der Waals surface area contributed by atoms with Crippen LogP contribution >= 0.6 is 22.9 Å². The number of nitrogens with one attached hydrogen (secondary N) is 1. The summed E-state index contributed by atoms with van der Waals surface area (Å²) in [5, 5.41) is 11.9. The molecular weight excluding hydrogens is 604 g/mol. The van der Waals surface area contributed by atoms with Gasteiger partial charge >= 0.3 is 22.3 Å². The number of halogens is 3. The number of carboxylic acid groups (broad SMARTS) is 1. The third kappa shape index (κ3) is 6.52. The summed E-state index contributed by atoms with van der Waals surface area (Å²) in [4.78, 5) is 35.2. The molecule has 1 aromatic carbocycles. The number of carboxylic acids is 1. The zero-order valence-electron chi connectivity index (χ0n) is 22.5. The van der Waals surface area contributed by atoms with Crippen molar-refractivity contribution < 1.29 is 36.6 Å². The van der Waals surface area contributed by atoms with E-state index in [1.807, 2.05) is 4.72 Å². The second-order valence-corrected chi connectivity index (χ2v) is 13.3. The fraction of sp³-hybridized carbons (Fsp3) is 0.440. The van der Waals surface area contributed by atoms with Gasteiger partial charge in [0.25, 0.3) is 0 Å². The van der Waals surface area contributed by atoms with E-state index in [2.05, 4.69) is 9.98 Å². The van der Waals surface area contributed by atoms with E-state index in [1.54, 1.807) is 44.3 Å². The number of amides is 1. The largest absolute Gasteiger partial charge is 0.478 e. The number of aliphatic imine (C=N–C) groups is 1. The summed E-state index contributed by atoms with van der Waals surface area (Å²) in [6.07, 6.45) is 0.815. The Morgan fingerprint density at radius 3 is 2.44 bits per heavy atom. The van der Waals surface area contributed by atoms with Gasteiger partial charge in [0.1, 0.15) is 11.6 Å². The molecule has 2 aliphatic rings. The highest BCUT2D eigenvalue weighted by Gasteiger charge is 2.41. The Morgan fingerprint density at radius 1 is 1.22 bits per heavy atom. The van der Waals surface area contributed by atoms with Crippen LogP contribution in [0.5, 0.6) is 0 Å². The van der Waals surface area contributed by atoms with Crippen LogP contribution in [0.25, 0.3) is 0 Å². The number of thiazole rings is 1. The maximum Gasteiger partial charge on any atom is 0.422 e. The van der Waals surface area contributed by atoms with Crippen LogP contribution in [-0.2, 0) is 19.7 Å². The minimum atomic E-state index is -4.23. The Balaban J connectivity index is 1.70. The first-order valence-electron chi connectivity index (χ1n) is 12.4. The number of amidine groups is 1. The first-order valence-corrected chi connectivity index (χ1v) is 15.1. The first-order chi connectivity index (χ1) is 19.1. The van der Waals surface area contributed by atoms with Crippen molar-refractivity contribution >= 4 is 51.0 Å². The standard InChI is InChI=1S/C25H28ClF2N5O6S2/c1-25(2,3)39-24(36)31-41(37,38)33-10-7-13(8-11-33)20-16(23(34)35)19(14-5-6-15(27)18(28)17(14)26)30-21(32(20)4)22-29-9-12-40-22/h5-6,9,12-13,19H,7-8,10-11H2,1-4H3,(H,31,36)(H,34,35). The highest BCUT2D eigenvalue weighted by atomic mass is 35.5.